The van der Waals surface area contributed by atoms with Gasteiger partial charge in [-0.15, -0.1) is 0 Å². The number of ether oxygens (including phenoxy) is 2. The molecule has 29 heavy (non-hydrogen) atoms. The average Bonchev–Trinajstić information content (AvgIpc) is 2.98. The number of carbonyl (C=O) groups is 2. The van der Waals surface area contributed by atoms with Crippen LogP contribution in [0.25, 0.3) is 0 Å². The molecule has 0 aliphatic carbocycles. The SMILES string of the molecule is CC(C)CC(NC(=O)NC1CCS(=O)(=O)C1)C(=O)Nc1ccc2c(c1)OCCO2. The zero-order valence-corrected chi connectivity index (χ0v) is 17.4. The predicted octanol–water partition coefficient (Wildman–Crippen LogP) is 1.30. The Labute approximate surface area is 170 Å². The molecule has 2 unspecified atom stereocenters. The van der Waals surface area contributed by atoms with Gasteiger partial charge in [0.25, 0.3) is 0 Å². The smallest absolute Gasteiger partial charge is 0.315 e. The topological polar surface area (TPSA) is 123 Å². The van der Waals surface area contributed by atoms with Crippen LogP contribution in [0.15, 0.2) is 18.2 Å². The number of nitrogens with one attached hydrogen (secondary N) is 3. The van der Waals surface area contributed by atoms with Crippen LogP contribution < -0.4 is 25.4 Å². The Balaban J connectivity index is 1.61. The van der Waals surface area contributed by atoms with Gasteiger partial charge in [-0.05, 0) is 30.9 Å². The molecule has 1 aromatic rings. The molecule has 9 nitrogen and oxygen atoms in total. The molecule has 2 aliphatic heterocycles. The van der Waals surface area contributed by atoms with Gasteiger partial charge < -0.3 is 25.4 Å². The number of anilines is 1. The Morgan fingerprint density at radius 3 is 2.55 bits per heavy atom. The number of hydrogen-bond acceptors (Lipinski definition) is 6. The van der Waals surface area contributed by atoms with Gasteiger partial charge in [-0.2, -0.15) is 0 Å². The quantitative estimate of drug-likeness (QED) is 0.631. The molecule has 1 saturated heterocycles. The van der Waals surface area contributed by atoms with Crippen molar-refractivity contribution in [1.82, 2.24) is 10.6 Å². The number of carbonyl (C=O) groups excluding carboxylic acids is 2. The molecule has 3 rings (SSSR count). The molecule has 0 spiro atoms. The first-order valence-corrected chi connectivity index (χ1v) is 11.5. The molecule has 1 aromatic carbocycles. The maximum atomic E-state index is 12.8. The second kappa shape index (κ2) is 8.89. The summed E-state index contributed by atoms with van der Waals surface area (Å²) in [6.07, 6.45) is 0.820. The largest absolute Gasteiger partial charge is 0.486 e. The standard InChI is InChI=1S/C19H27N3O6S/c1-12(2)9-15(22-19(24)21-14-5-8-29(25,26)11-14)18(23)20-13-3-4-16-17(10-13)28-7-6-27-16/h3-4,10,12,14-15H,5-9,11H2,1-2H3,(H,20,23)(H2,21,22,24). The zero-order valence-electron chi connectivity index (χ0n) is 16.6. The third-order valence-corrected chi connectivity index (χ3v) is 6.47. The van der Waals surface area contributed by atoms with Gasteiger partial charge in [-0.1, -0.05) is 13.8 Å². The van der Waals surface area contributed by atoms with E-state index in [0.29, 0.717) is 43.2 Å². The lowest BCUT2D eigenvalue weighted by atomic mass is 10.0. The summed E-state index contributed by atoms with van der Waals surface area (Å²) in [7, 11) is -3.10. The molecular formula is C19H27N3O6S. The fraction of sp³-hybridized carbons (Fsp3) is 0.579. The van der Waals surface area contributed by atoms with E-state index in [1.807, 2.05) is 13.8 Å². The molecule has 0 aromatic heterocycles. The highest BCUT2D eigenvalue weighted by atomic mass is 32.2. The van der Waals surface area contributed by atoms with Crippen molar-refractivity contribution in [3.8, 4) is 11.5 Å². The fourth-order valence-electron chi connectivity index (χ4n) is 3.35. The summed E-state index contributed by atoms with van der Waals surface area (Å²) in [5.74, 6) is 0.985. The van der Waals surface area contributed by atoms with Gasteiger partial charge in [0.05, 0.1) is 11.5 Å². The number of sulfone groups is 1. The third-order valence-electron chi connectivity index (χ3n) is 4.71. The van der Waals surface area contributed by atoms with Crippen LogP contribution in [0.2, 0.25) is 0 Å². The van der Waals surface area contributed by atoms with Crippen molar-refractivity contribution in [1.29, 1.82) is 0 Å². The van der Waals surface area contributed by atoms with E-state index in [-0.39, 0.29) is 23.3 Å². The number of urea groups is 1. The summed E-state index contributed by atoms with van der Waals surface area (Å²) in [6.45, 7) is 4.83. The van der Waals surface area contributed by atoms with Gasteiger partial charge in [0, 0.05) is 17.8 Å². The van der Waals surface area contributed by atoms with Crippen LogP contribution in [0.4, 0.5) is 10.5 Å². The summed E-state index contributed by atoms with van der Waals surface area (Å²) in [6, 6.07) is 3.38. The number of amides is 3. The van der Waals surface area contributed by atoms with Gasteiger partial charge >= 0.3 is 6.03 Å². The van der Waals surface area contributed by atoms with E-state index < -0.39 is 28.0 Å². The zero-order chi connectivity index (χ0) is 21.0. The molecule has 0 saturated carbocycles. The van der Waals surface area contributed by atoms with Crippen LogP contribution in [-0.2, 0) is 14.6 Å². The van der Waals surface area contributed by atoms with E-state index in [9.17, 15) is 18.0 Å². The number of fused-ring (bicyclic) bond motifs is 1. The maximum Gasteiger partial charge on any atom is 0.315 e. The van der Waals surface area contributed by atoms with Crippen molar-refractivity contribution in [2.75, 3.05) is 30.0 Å². The van der Waals surface area contributed by atoms with Crippen molar-refractivity contribution < 1.29 is 27.5 Å². The Morgan fingerprint density at radius 1 is 1.17 bits per heavy atom. The molecular weight excluding hydrogens is 398 g/mol. The number of benzene rings is 1. The lowest BCUT2D eigenvalue weighted by Gasteiger charge is -2.22. The van der Waals surface area contributed by atoms with Crippen LogP contribution in [0.3, 0.4) is 0 Å². The Hall–Kier alpha value is -2.49. The molecule has 3 N–H and O–H groups in total. The monoisotopic (exact) mass is 425 g/mol. The van der Waals surface area contributed by atoms with Crippen LogP contribution >= 0.6 is 0 Å². The highest BCUT2D eigenvalue weighted by Gasteiger charge is 2.30. The molecule has 0 bridgehead atoms. The van der Waals surface area contributed by atoms with Gasteiger partial charge in [-0.25, -0.2) is 13.2 Å². The third kappa shape index (κ3) is 5.99. The molecule has 2 heterocycles. The summed E-state index contributed by atoms with van der Waals surface area (Å²) in [4.78, 5) is 25.1. The van der Waals surface area contributed by atoms with Crippen molar-refractivity contribution in [2.45, 2.75) is 38.8 Å². The van der Waals surface area contributed by atoms with Gasteiger partial charge in [0.1, 0.15) is 19.3 Å². The summed E-state index contributed by atoms with van der Waals surface area (Å²) in [5.41, 5.74) is 0.539. The normalized spacial score (nSPS) is 20.7. The minimum absolute atomic E-state index is 0.0674. The van der Waals surface area contributed by atoms with Crippen molar-refractivity contribution >= 4 is 27.5 Å². The van der Waals surface area contributed by atoms with E-state index in [1.165, 1.54) is 0 Å². The summed E-state index contributed by atoms with van der Waals surface area (Å²) < 4.78 is 34.1. The highest BCUT2D eigenvalue weighted by Crippen LogP contribution is 2.32. The fourth-order valence-corrected chi connectivity index (χ4v) is 5.02. The molecule has 3 amide bonds. The van der Waals surface area contributed by atoms with E-state index in [0.717, 1.165) is 0 Å². The molecule has 10 heteroatoms. The molecule has 0 radical (unpaired) electrons. The van der Waals surface area contributed by atoms with E-state index >= 15 is 0 Å². The highest BCUT2D eigenvalue weighted by molar-refractivity contribution is 7.91. The van der Waals surface area contributed by atoms with Crippen LogP contribution in [0.1, 0.15) is 26.7 Å². The number of hydrogen-bond donors (Lipinski definition) is 3. The summed E-state index contributed by atoms with van der Waals surface area (Å²) in [5, 5.41) is 8.12. The average molecular weight is 426 g/mol. The molecule has 160 valence electrons. The van der Waals surface area contributed by atoms with Crippen molar-refractivity contribution in [2.24, 2.45) is 5.92 Å². The first-order chi connectivity index (χ1) is 13.7. The first-order valence-electron chi connectivity index (χ1n) is 9.70. The minimum Gasteiger partial charge on any atom is -0.486 e. The summed E-state index contributed by atoms with van der Waals surface area (Å²) >= 11 is 0. The first kappa shape index (κ1) is 21.2. The maximum absolute atomic E-state index is 12.8. The van der Waals surface area contributed by atoms with E-state index in [2.05, 4.69) is 16.0 Å². The van der Waals surface area contributed by atoms with Crippen molar-refractivity contribution in [3.05, 3.63) is 18.2 Å². The van der Waals surface area contributed by atoms with E-state index in [4.69, 9.17) is 9.47 Å². The van der Waals surface area contributed by atoms with Crippen LogP contribution in [-0.4, -0.2) is 57.2 Å². The van der Waals surface area contributed by atoms with Gasteiger partial charge in [-0.3, -0.25) is 4.79 Å². The van der Waals surface area contributed by atoms with Gasteiger partial charge in [0.2, 0.25) is 5.91 Å². The second-order valence-corrected chi connectivity index (χ2v) is 9.98. The Bertz CT molecular complexity index is 871. The second-order valence-electron chi connectivity index (χ2n) is 7.75. The Morgan fingerprint density at radius 2 is 1.90 bits per heavy atom. The lowest BCUT2D eigenvalue weighted by molar-refractivity contribution is -0.118. The van der Waals surface area contributed by atoms with Crippen LogP contribution in [0.5, 0.6) is 11.5 Å². The van der Waals surface area contributed by atoms with Gasteiger partial charge in [0.15, 0.2) is 21.3 Å². The molecule has 2 atom stereocenters. The van der Waals surface area contributed by atoms with E-state index in [1.54, 1.807) is 18.2 Å². The molecule has 1 fully saturated rings. The minimum atomic E-state index is -3.10. The number of rotatable bonds is 6. The molecule has 2 aliphatic rings. The lowest BCUT2D eigenvalue weighted by Crippen LogP contribution is -2.51. The predicted molar refractivity (Wildman–Crippen MR) is 108 cm³/mol. The van der Waals surface area contributed by atoms with Crippen LogP contribution in [0, 0.1) is 5.92 Å². The Kier molecular flexibility index (Phi) is 6.51. The van der Waals surface area contributed by atoms with Crippen molar-refractivity contribution in [3.63, 3.8) is 0 Å².